The molecule has 0 atom stereocenters. The van der Waals surface area contributed by atoms with Crippen LogP contribution in [0.3, 0.4) is 0 Å². The lowest BCUT2D eigenvalue weighted by molar-refractivity contribution is 1.19. The molecule has 1 aromatic rings. The summed E-state index contributed by atoms with van der Waals surface area (Å²) in [6.45, 7) is 4.41. The Balaban J connectivity index is 2.41. The predicted octanol–water partition coefficient (Wildman–Crippen LogP) is 3.98. The van der Waals surface area contributed by atoms with Gasteiger partial charge >= 0.3 is 0 Å². The Bertz CT molecular complexity index is 394. The fraction of sp³-hybridized carbons (Fsp3) is 0.286. The molecule has 1 aliphatic rings. The van der Waals surface area contributed by atoms with E-state index < -0.39 is 0 Å². The van der Waals surface area contributed by atoms with E-state index in [0.717, 1.165) is 12.8 Å². The third-order valence-electron chi connectivity index (χ3n) is 2.74. The van der Waals surface area contributed by atoms with Gasteiger partial charge in [-0.3, -0.25) is 0 Å². The van der Waals surface area contributed by atoms with E-state index in [2.05, 4.69) is 50.3 Å². The fourth-order valence-corrected chi connectivity index (χ4v) is 2.02. The van der Waals surface area contributed by atoms with E-state index in [-0.39, 0.29) is 0 Å². The van der Waals surface area contributed by atoms with Crippen molar-refractivity contribution in [3.05, 3.63) is 53.1 Å². The van der Waals surface area contributed by atoms with Crippen molar-refractivity contribution in [2.24, 2.45) is 0 Å². The number of hydrogen-bond acceptors (Lipinski definition) is 0. The Kier molecular flexibility index (Phi) is 2.53. The molecular formula is C14H16. The van der Waals surface area contributed by atoms with Crippen LogP contribution in [-0.2, 0) is 6.42 Å². The molecule has 2 rings (SSSR count). The van der Waals surface area contributed by atoms with Gasteiger partial charge in [0, 0.05) is 0 Å². The van der Waals surface area contributed by atoms with E-state index in [0.29, 0.717) is 0 Å². The largest absolute Gasteiger partial charge is 0.0842 e. The van der Waals surface area contributed by atoms with E-state index in [1.54, 1.807) is 0 Å². The summed E-state index contributed by atoms with van der Waals surface area (Å²) in [6, 6.07) is 8.70. The molecule has 0 N–H and O–H groups in total. The van der Waals surface area contributed by atoms with Gasteiger partial charge in [0.05, 0.1) is 0 Å². The maximum Gasteiger partial charge on any atom is -0.00545 e. The molecule has 0 saturated heterocycles. The summed E-state index contributed by atoms with van der Waals surface area (Å²) in [6.07, 6.45) is 6.74. The fourth-order valence-electron chi connectivity index (χ4n) is 2.02. The zero-order valence-electron chi connectivity index (χ0n) is 8.88. The molecule has 0 nitrogen and oxygen atoms in total. The molecule has 1 aliphatic carbocycles. The average molecular weight is 184 g/mol. The van der Waals surface area contributed by atoms with Crippen LogP contribution in [0.15, 0.2) is 42.0 Å². The molecule has 0 bridgehead atoms. The average Bonchev–Trinajstić information content (AvgIpc) is 2.51. The normalized spacial score (nSPS) is 15.3. The topological polar surface area (TPSA) is 0 Å². The Morgan fingerprint density at radius 3 is 2.86 bits per heavy atom. The molecule has 0 aliphatic heterocycles. The van der Waals surface area contributed by atoms with Crippen LogP contribution in [0.2, 0.25) is 0 Å². The van der Waals surface area contributed by atoms with E-state index in [1.165, 1.54) is 22.3 Å². The first kappa shape index (κ1) is 9.26. The van der Waals surface area contributed by atoms with Crippen LogP contribution in [-0.4, -0.2) is 0 Å². The number of allylic oxidation sites excluding steroid dienone is 4. The van der Waals surface area contributed by atoms with Crippen molar-refractivity contribution < 1.29 is 0 Å². The second-order valence-electron chi connectivity index (χ2n) is 3.84. The van der Waals surface area contributed by atoms with Crippen molar-refractivity contribution in [2.75, 3.05) is 0 Å². The van der Waals surface area contributed by atoms with Crippen molar-refractivity contribution in [2.45, 2.75) is 26.7 Å². The van der Waals surface area contributed by atoms with Gasteiger partial charge in [-0.1, -0.05) is 48.9 Å². The van der Waals surface area contributed by atoms with Crippen molar-refractivity contribution in [1.29, 1.82) is 0 Å². The Morgan fingerprint density at radius 1 is 1.29 bits per heavy atom. The number of rotatable bonds is 2. The Hall–Kier alpha value is -1.30. The first-order valence-electron chi connectivity index (χ1n) is 5.27. The third kappa shape index (κ3) is 1.52. The second kappa shape index (κ2) is 3.83. The monoisotopic (exact) mass is 184 g/mol. The molecule has 1 aromatic carbocycles. The molecule has 14 heavy (non-hydrogen) atoms. The van der Waals surface area contributed by atoms with Gasteiger partial charge in [0.15, 0.2) is 0 Å². The van der Waals surface area contributed by atoms with Crippen LogP contribution in [0.25, 0.3) is 5.57 Å². The first-order chi connectivity index (χ1) is 6.83. The summed E-state index contributed by atoms with van der Waals surface area (Å²) in [5.41, 5.74) is 5.83. The molecule has 0 aromatic heterocycles. The SMILES string of the molecule is CCC=CC1=C(C)Cc2ccccc21. The Labute approximate surface area is 86.0 Å². The van der Waals surface area contributed by atoms with Crippen molar-refractivity contribution in [1.82, 2.24) is 0 Å². The molecule has 72 valence electrons. The molecule has 0 radical (unpaired) electrons. The molecule has 0 saturated carbocycles. The van der Waals surface area contributed by atoms with Gasteiger partial charge in [-0.25, -0.2) is 0 Å². The van der Waals surface area contributed by atoms with Gasteiger partial charge in [0.1, 0.15) is 0 Å². The Morgan fingerprint density at radius 2 is 2.07 bits per heavy atom. The lowest BCUT2D eigenvalue weighted by Gasteiger charge is -1.99. The van der Waals surface area contributed by atoms with E-state index in [9.17, 15) is 0 Å². The number of fused-ring (bicyclic) bond motifs is 1. The summed E-state index contributed by atoms with van der Waals surface area (Å²) in [4.78, 5) is 0. The minimum absolute atomic E-state index is 1.11. The summed E-state index contributed by atoms with van der Waals surface area (Å²) < 4.78 is 0. The number of hydrogen-bond donors (Lipinski definition) is 0. The molecular weight excluding hydrogens is 168 g/mol. The van der Waals surface area contributed by atoms with Crippen LogP contribution < -0.4 is 0 Å². The van der Waals surface area contributed by atoms with Crippen LogP contribution in [0.1, 0.15) is 31.4 Å². The molecule has 0 amide bonds. The van der Waals surface area contributed by atoms with E-state index in [4.69, 9.17) is 0 Å². The van der Waals surface area contributed by atoms with Crippen LogP contribution in [0, 0.1) is 0 Å². The van der Waals surface area contributed by atoms with Gasteiger partial charge in [0.25, 0.3) is 0 Å². The zero-order chi connectivity index (χ0) is 9.97. The van der Waals surface area contributed by atoms with Gasteiger partial charge in [-0.2, -0.15) is 0 Å². The summed E-state index contributed by atoms with van der Waals surface area (Å²) in [5.74, 6) is 0. The first-order valence-corrected chi connectivity index (χ1v) is 5.27. The molecule has 0 heterocycles. The zero-order valence-corrected chi connectivity index (χ0v) is 8.88. The maximum absolute atomic E-state index is 2.27. The number of benzene rings is 1. The quantitative estimate of drug-likeness (QED) is 0.652. The van der Waals surface area contributed by atoms with Crippen molar-refractivity contribution in [3.63, 3.8) is 0 Å². The highest BCUT2D eigenvalue weighted by molar-refractivity contribution is 5.82. The standard InChI is InChI=1S/C14H16/c1-3-4-8-13-11(2)10-12-7-5-6-9-14(12)13/h4-9H,3,10H2,1-2H3. The highest BCUT2D eigenvalue weighted by atomic mass is 14.2. The lowest BCUT2D eigenvalue weighted by Crippen LogP contribution is -1.80. The predicted molar refractivity (Wildman–Crippen MR) is 62.2 cm³/mol. The van der Waals surface area contributed by atoms with Crippen LogP contribution in [0.4, 0.5) is 0 Å². The lowest BCUT2D eigenvalue weighted by atomic mass is 10.1. The smallest absolute Gasteiger partial charge is 0.00545 e. The van der Waals surface area contributed by atoms with Crippen LogP contribution in [0.5, 0.6) is 0 Å². The van der Waals surface area contributed by atoms with E-state index >= 15 is 0 Å². The van der Waals surface area contributed by atoms with Crippen molar-refractivity contribution in [3.8, 4) is 0 Å². The highest BCUT2D eigenvalue weighted by Gasteiger charge is 2.15. The summed E-state index contributed by atoms with van der Waals surface area (Å²) in [7, 11) is 0. The molecule has 0 heteroatoms. The maximum atomic E-state index is 2.27. The molecule has 0 fully saturated rings. The summed E-state index contributed by atoms with van der Waals surface area (Å²) >= 11 is 0. The van der Waals surface area contributed by atoms with Gasteiger partial charge in [0.2, 0.25) is 0 Å². The van der Waals surface area contributed by atoms with E-state index in [1.807, 2.05) is 0 Å². The van der Waals surface area contributed by atoms with Crippen molar-refractivity contribution >= 4 is 5.57 Å². The van der Waals surface area contributed by atoms with Gasteiger partial charge in [-0.15, -0.1) is 0 Å². The molecule has 0 unspecified atom stereocenters. The second-order valence-corrected chi connectivity index (χ2v) is 3.84. The van der Waals surface area contributed by atoms with Gasteiger partial charge in [-0.05, 0) is 36.5 Å². The minimum atomic E-state index is 1.11. The van der Waals surface area contributed by atoms with Gasteiger partial charge < -0.3 is 0 Å². The third-order valence-corrected chi connectivity index (χ3v) is 2.74. The van der Waals surface area contributed by atoms with Crippen LogP contribution >= 0.6 is 0 Å². The highest BCUT2D eigenvalue weighted by Crippen LogP contribution is 2.33. The summed E-state index contributed by atoms with van der Waals surface area (Å²) in [5, 5.41) is 0. The minimum Gasteiger partial charge on any atom is -0.0842 e. The molecule has 0 spiro atoms.